The fourth-order valence-electron chi connectivity index (χ4n) is 4.51. The summed E-state index contributed by atoms with van der Waals surface area (Å²) in [6.45, 7) is 14.3. The number of benzene rings is 1. The first-order valence-corrected chi connectivity index (χ1v) is 11.8. The number of hydrogen-bond donors (Lipinski definition) is 2. The molecule has 0 saturated carbocycles. The summed E-state index contributed by atoms with van der Waals surface area (Å²) in [6, 6.07) is 2.08. The minimum atomic E-state index is -0.189. The lowest BCUT2D eigenvalue weighted by Gasteiger charge is -2.48. The maximum Gasteiger partial charge on any atom is 0.250 e. The standard InChI is InChI=1S/C24H28N2O4S2/c1-6-29-30-26-21(28)17(32-22(26)31)9-7-8-15-14-16-19-18(20(15)27)24(4,5)11-13-25(19)12-10-23(16,2)3/h6,8-9,14,27-28H,1,10-13H2,2-5H3. The maximum absolute atomic E-state index is 11.3. The summed E-state index contributed by atoms with van der Waals surface area (Å²) >= 11 is 6.34. The summed E-state index contributed by atoms with van der Waals surface area (Å²) in [5.74, 6) is 0.111. The van der Waals surface area contributed by atoms with Gasteiger partial charge in [0.2, 0.25) is 3.95 Å². The third-order valence-corrected chi connectivity index (χ3v) is 7.73. The van der Waals surface area contributed by atoms with Crippen LogP contribution in [0.25, 0.3) is 12.2 Å². The van der Waals surface area contributed by atoms with Gasteiger partial charge < -0.3 is 15.1 Å². The van der Waals surface area contributed by atoms with E-state index in [0.29, 0.717) is 16.2 Å². The van der Waals surface area contributed by atoms with Gasteiger partial charge in [0.25, 0.3) is 5.88 Å². The molecule has 0 atom stereocenters. The van der Waals surface area contributed by atoms with E-state index in [4.69, 9.17) is 17.2 Å². The van der Waals surface area contributed by atoms with Crippen LogP contribution in [0.2, 0.25) is 0 Å². The largest absolute Gasteiger partial charge is 0.507 e. The number of anilines is 1. The van der Waals surface area contributed by atoms with E-state index in [1.807, 2.05) is 0 Å². The van der Waals surface area contributed by atoms with Crippen LogP contribution in [0.3, 0.4) is 0 Å². The molecular formula is C24H28N2O4S2. The Morgan fingerprint density at radius 2 is 1.84 bits per heavy atom. The minimum absolute atomic E-state index is 0.0191. The summed E-state index contributed by atoms with van der Waals surface area (Å²) in [5, 5.41) is 21.6. The smallest absolute Gasteiger partial charge is 0.250 e. The molecule has 0 bridgehead atoms. The average Bonchev–Trinajstić information content (AvgIpc) is 2.99. The number of phenols is 1. The third-order valence-electron chi connectivity index (χ3n) is 6.45. The molecule has 3 heterocycles. The predicted octanol–water partition coefficient (Wildman–Crippen LogP) is 5.69. The van der Waals surface area contributed by atoms with Crippen molar-refractivity contribution < 1.29 is 20.1 Å². The van der Waals surface area contributed by atoms with Crippen molar-refractivity contribution in [2.24, 2.45) is 0 Å². The summed E-state index contributed by atoms with van der Waals surface area (Å²) in [5.41, 5.74) is 7.18. The molecule has 0 fully saturated rings. The van der Waals surface area contributed by atoms with Crippen LogP contribution in [0.1, 0.15) is 62.1 Å². The molecule has 6 nitrogen and oxygen atoms in total. The Bertz CT molecular complexity index is 1200. The van der Waals surface area contributed by atoms with Crippen LogP contribution < -0.4 is 9.89 Å². The first-order chi connectivity index (χ1) is 15.1. The number of aromatic hydroxyl groups is 2. The lowest BCUT2D eigenvalue weighted by molar-refractivity contribution is -0.251. The van der Waals surface area contributed by atoms with Crippen LogP contribution >= 0.6 is 23.6 Å². The Labute approximate surface area is 197 Å². The zero-order valence-corrected chi connectivity index (χ0v) is 20.4. The number of rotatable bonds is 5. The average molecular weight is 473 g/mol. The van der Waals surface area contributed by atoms with Gasteiger partial charge in [0.15, 0.2) is 0 Å². The fraction of sp³-hybridized carbons (Fsp3) is 0.417. The van der Waals surface area contributed by atoms with Crippen molar-refractivity contribution in [1.29, 1.82) is 0 Å². The molecule has 0 unspecified atom stereocenters. The summed E-state index contributed by atoms with van der Waals surface area (Å²) in [6.07, 6.45) is 6.51. The van der Waals surface area contributed by atoms with Crippen LogP contribution in [0, 0.1) is 3.95 Å². The second-order valence-corrected chi connectivity index (χ2v) is 11.2. The van der Waals surface area contributed by atoms with Gasteiger partial charge in [-0.2, -0.15) is 4.99 Å². The molecule has 2 aliphatic rings. The first kappa shape index (κ1) is 22.5. The number of aromatic nitrogens is 1. The zero-order valence-electron chi connectivity index (χ0n) is 18.8. The first-order valence-electron chi connectivity index (χ1n) is 10.5. The van der Waals surface area contributed by atoms with Gasteiger partial charge in [0, 0.05) is 36.0 Å². The van der Waals surface area contributed by atoms with Gasteiger partial charge in [-0.25, -0.2) is 0 Å². The lowest BCUT2D eigenvalue weighted by atomic mass is 9.68. The molecular weight excluding hydrogens is 444 g/mol. The van der Waals surface area contributed by atoms with Crippen molar-refractivity contribution >= 4 is 41.4 Å². The molecule has 4 rings (SSSR count). The summed E-state index contributed by atoms with van der Waals surface area (Å²) in [4.78, 5) is 12.4. The van der Waals surface area contributed by atoms with E-state index in [-0.39, 0.29) is 20.7 Å². The molecule has 0 amide bonds. The summed E-state index contributed by atoms with van der Waals surface area (Å²) < 4.78 is 1.27. The highest BCUT2D eigenvalue weighted by Crippen LogP contribution is 2.53. The highest BCUT2D eigenvalue weighted by atomic mass is 32.1. The topological polar surface area (TPSA) is 67.1 Å². The highest BCUT2D eigenvalue weighted by Gasteiger charge is 2.42. The van der Waals surface area contributed by atoms with Crippen LogP contribution in [0.5, 0.6) is 11.6 Å². The van der Waals surface area contributed by atoms with Crippen molar-refractivity contribution in [1.82, 2.24) is 4.73 Å². The van der Waals surface area contributed by atoms with Gasteiger partial charge in [0.1, 0.15) is 16.9 Å². The van der Waals surface area contributed by atoms with E-state index in [9.17, 15) is 10.2 Å². The van der Waals surface area contributed by atoms with Crippen molar-refractivity contribution in [2.45, 2.75) is 51.4 Å². The lowest BCUT2D eigenvalue weighted by Crippen LogP contribution is -2.44. The summed E-state index contributed by atoms with van der Waals surface area (Å²) in [7, 11) is 0. The molecule has 8 heteroatoms. The molecule has 2 N–H and O–H groups in total. The quantitative estimate of drug-likeness (QED) is 0.192. The number of phenolic OH excluding ortho intramolecular Hbond substituents is 1. The Kier molecular flexibility index (Phi) is 5.65. The second kappa shape index (κ2) is 8.03. The van der Waals surface area contributed by atoms with E-state index in [1.165, 1.54) is 11.3 Å². The Balaban J connectivity index is 1.80. The molecule has 2 aliphatic heterocycles. The van der Waals surface area contributed by atoms with Crippen LogP contribution in [0.15, 0.2) is 24.6 Å². The van der Waals surface area contributed by atoms with Crippen molar-refractivity contribution in [2.75, 3.05) is 18.0 Å². The van der Waals surface area contributed by atoms with Crippen LogP contribution in [-0.4, -0.2) is 28.0 Å². The number of nitrogens with zero attached hydrogens (tertiary/aromatic N) is 2. The molecule has 0 spiro atoms. The van der Waals surface area contributed by atoms with Crippen molar-refractivity contribution in [3.8, 4) is 11.6 Å². The highest BCUT2D eigenvalue weighted by molar-refractivity contribution is 7.73. The van der Waals surface area contributed by atoms with Gasteiger partial charge >= 0.3 is 0 Å². The molecule has 1 aromatic heterocycles. The Morgan fingerprint density at radius 1 is 1.16 bits per heavy atom. The monoisotopic (exact) mass is 472 g/mol. The van der Waals surface area contributed by atoms with E-state index in [0.717, 1.165) is 53.8 Å². The van der Waals surface area contributed by atoms with Gasteiger partial charge in [-0.3, -0.25) is 4.89 Å². The molecule has 0 aliphatic carbocycles. The SMILES string of the molecule is C=COOn1c(O)c(C=C=Cc2cc3c4c(c2O)C(C)(C)CCN4CCC3(C)C)sc1=S. The van der Waals surface area contributed by atoms with E-state index >= 15 is 0 Å². The van der Waals surface area contributed by atoms with Gasteiger partial charge in [-0.05, 0) is 53.6 Å². The number of thiazole rings is 1. The normalized spacial score (nSPS) is 17.7. The molecule has 0 saturated heterocycles. The second-order valence-electron chi connectivity index (χ2n) is 9.48. The van der Waals surface area contributed by atoms with Crippen LogP contribution in [0.4, 0.5) is 5.69 Å². The minimum Gasteiger partial charge on any atom is -0.507 e. The van der Waals surface area contributed by atoms with E-state index in [1.54, 1.807) is 12.2 Å². The van der Waals surface area contributed by atoms with Crippen molar-refractivity contribution in [3.05, 3.63) is 50.2 Å². The Morgan fingerprint density at radius 3 is 2.53 bits per heavy atom. The van der Waals surface area contributed by atoms with E-state index in [2.05, 4.69) is 55.9 Å². The van der Waals surface area contributed by atoms with E-state index < -0.39 is 0 Å². The maximum atomic E-state index is 11.3. The number of hydrogen-bond acceptors (Lipinski definition) is 7. The molecule has 170 valence electrons. The molecule has 2 aromatic rings. The van der Waals surface area contributed by atoms with Gasteiger partial charge in [-0.1, -0.05) is 50.3 Å². The molecule has 0 radical (unpaired) electrons. The van der Waals surface area contributed by atoms with Gasteiger partial charge in [0.05, 0.1) is 0 Å². The Hall–Kier alpha value is -2.67. The van der Waals surface area contributed by atoms with Crippen LogP contribution in [-0.2, 0) is 15.7 Å². The predicted molar refractivity (Wildman–Crippen MR) is 131 cm³/mol. The van der Waals surface area contributed by atoms with Gasteiger partial charge in [-0.15, -0.1) is 5.73 Å². The zero-order chi connectivity index (χ0) is 23.3. The molecule has 32 heavy (non-hydrogen) atoms. The molecule has 1 aromatic carbocycles. The fourth-order valence-corrected chi connectivity index (χ4v) is 5.59. The third kappa shape index (κ3) is 3.72. The van der Waals surface area contributed by atoms with Crippen molar-refractivity contribution in [3.63, 3.8) is 0 Å².